The molecule has 1 unspecified atom stereocenters. The number of ether oxygens (including phenoxy) is 1. The smallest absolute Gasteiger partial charge is 0.255 e. The standard InChI is InChI=1S/C19H19ClN2O3/c1-12-15(20)7-3-8-16(12)22-18(23)13-5-2-6-14(11-13)21-19(24)17-9-4-10-25-17/h2-3,5-8,11,17H,4,9-10H2,1H3,(H,21,24)(H,22,23). The van der Waals surface area contributed by atoms with Crippen molar-refractivity contribution < 1.29 is 14.3 Å². The number of hydrogen-bond donors (Lipinski definition) is 2. The fourth-order valence-corrected chi connectivity index (χ4v) is 2.86. The summed E-state index contributed by atoms with van der Waals surface area (Å²) in [5.41, 5.74) is 2.48. The van der Waals surface area contributed by atoms with Gasteiger partial charge in [-0.1, -0.05) is 23.7 Å². The molecule has 2 aromatic carbocycles. The molecule has 6 heteroatoms. The van der Waals surface area contributed by atoms with Crippen LogP contribution in [0.5, 0.6) is 0 Å². The van der Waals surface area contributed by atoms with Crippen LogP contribution in [0, 0.1) is 6.92 Å². The van der Waals surface area contributed by atoms with Crippen molar-refractivity contribution in [2.24, 2.45) is 0 Å². The lowest BCUT2D eigenvalue weighted by Crippen LogP contribution is -2.27. The summed E-state index contributed by atoms with van der Waals surface area (Å²) in [5, 5.41) is 6.23. The van der Waals surface area contributed by atoms with E-state index in [4.69, 9.17) is 16.3 Å². The van der Waals surface area contributed by atoms with Crippen LogP contribution in [0.4, 0.5) is 11.4 Å². The van der Waals surface area contributed by atoms with Gasteiger partial charge in [0, 0.05) is 28.6 Å². The van der Waals surface area contributed by atoms with Gasteiger partial charge in [0.1, 0.15) is 6.10 Å². The summed E-state index contributed by atoms with van der Waals surface area (Å²) in [6.07, 6.45) is 1.20. The van der Waals surface area contributed by atoms with Gasteiger partial charge in [-0.05, 0) is 55.7 Å². The first-order chi connectivity index (χ1) is 12.0. The molecule has 0 saturated carbocycles. The van der Waals surface area contributed by atoms with E-state index in [2.05, 4.69) is 10.6 Å². The molecule has 0 radical (unpaired) electrons. The molecular formula is C19H19ClN2O3. The second-order valence-electron chi connectivity index (χ2n) is 5.94. The predicted molar refractivity (Wildman–Crippen MR) is 98.2 cm³/mol. The molecule has 0 aliphatic carbocycles. The molecule has 2 amide bonds. The molecule has 0 bridgehead atoms. The third kappa shape index (κ3) is 4.18. The van der Waals surface area contributed by atoms with Gasteiger partial charge in [0.15, 0.2) is 0 Å². The average Bonchev–Trinajstić information content (AvgIpc) is 3.14. The van der Waals surface area contributed by atoms with Crippen LogP contribution in [-0.4, -0.2) is 24.5 Å². The molecule has 2 N–H and O–H groups in total. The van der Waals surface area contributed by atoms with Crippen LogP contribution in [-0.2, 0) is 9.53 Å². The van der Waals surface area contributed by atoms with Gasteiger partial charge in [0.05, 0.1) is 0 Å². The number of benzene rings is 2. The summed E-state index contributed by atoms with van der Waals surface area (Å²) in [6.45, 7) is 2.45. The molecule has 1 atom stereocenters. The number of carbonyl (C=O) groups is 2. The minimum Gasteiger partial charge on any atom is -0.368 e. The highest BCUT2D eigenvalue weighted by Gasteiger charge is 2.23. The molecule has 1 saturated heterocycles. The Morgan fingerprint density at radius 1 is 1.16 bits per heavy atom. The Morgan fingerprint density at radius 3 is 2.72 bits per heavy atom. The SMILES string of the molecule is Cc1c(Cl)cccc1NC(=O)c1cccc(NC(=O)C2CCCO2)c1. The van der Waals surface area contributed by atoms with Gasteiger partial charge in [-0.3, -0.25) is 9.59 Å². The monoisotopic (exact) mass is 358 g/mol. The summed E-state index contributed by atoms with van der Waals surface area (Å²) in [7, 11) is 0. The van der Waals surface area contributed by atoms with E-state index in [9.17, 15) is 9.59 Å². The van der Waals surface area contributed by atoms with Crippen LogP contribution in [0.25, 0.3) is 0 Å². The molecule has 3 rings (SSSR count). The van der Waals surface area contributed by atoms with Crippen LogP contribution >= 0.6 is 11.6 Å². The number of carbonyl (C=O) groups excluding carboxylic acids is 2. The Morgan fingerprint density at radius 2 is 1.96 bits per heavy atom. The lowest BCUT2D eigenvalue weighted by molar-refractivity contribution is -0.124. The number of anilines is 2. The minimum absolute atomic E-state index is 0.180. The fraction of sp³-hybridized carbons (Fsp3) is 0.263. The van der Waals surface area contributed by atoms with Crippen molar-refractivity contribution in [2.75, 3.05) is 17.2 Å². The molecule has 2 aromatic rings. The van der Waals surface area contributed by atoms with Crippen LogP contribution in [0.1, 0.15) is 28.8 Å². The van der Waals surface area contributed by atoms with E-state index >= 15 is 0 Å². The first kappa shape index (κ1) is 17.5. The Balaban J connectivity index is 1.71. The largest absolute Gasteiger partial charge is 0.368 e. The number of nitrogens with one attached hydrogen (secondary N) is 2. The van der Waals surface area contributed by atoms with Crippen molar-refractivity contribution in [1.82, 2.24) is 0 Å². The average molecular weight is 359 g/mol. The number of hydrogen-bond acceptors (Lipinski definition) is 3. The van der Waals surface area contributed by atoms with Gasteiger partial charge in [0.25, 0.3) is 11.8 Å². The van der Waals surface area contributed by atoms with Crippen LogP contribution in [0.15, 0.2) is 42.5 Å². The molecule has 1 aliphatic rings. The second kappa shape index (κ2) is 7.68. The maximum absolute atomic E-state index is 12.5. The predicted octanol–water partition coefficient (Wildman–Crippen LogP) is 4.02. The van der Waals surface area contributed by atoms with E-state index in [0.717, 1.165) is 18.4 Å². The van der Waals surface area contributed by atoms with Crippen molar-refractivity contribution in [1.29, 1.82) is 0 Å². The van der Waals surface area contributed by atoms with Gasteiger partial charge >= 0.3 is 0 Å². The molecule has 25 heavy (non-hydrogen) atoms. The highest BCUT2D eigenvalue weighted by atomic mass is 35.5. The third-order valence-corrected chi connectivity index (χ3v) is 4.54. The van der Waals surface area contributed by atoms with E-state index < -0.39 is 6.10 Å². The van der Waals surface area contributed by atoms with Gasteiger partial charge in [0.2, 0.25) is 0 Å². The van der Waals surface area contributed by atoms with E-state index in [0.29, 0.717) is 28.6 Å². The Hall–Kier alpha value is -2.37. The number of amides is 2. The van der Waals surface area contributed by atoms with E-state index in [1.54, 1.807) is 42.5 Å². The zero-order valence-electron chi connectivity index (χ0n) is 13.8. The van der Waals surface area contributed by atoms with Gasteiger partial charge in [-0.15, -0.1) is 0 Å². The summed E-state index contributed by atoms with van der Waals surface area (Å²) < 4.78 is 5.36. The van der Waals surface area contributed by atoms with Gasteiger partial charge in [-0.2, -0.15) is 0 Å². The lowest BCUT2D eigenvalue weighted by atomic mass is 10.1. The lowest BCUT2D eigenvalue weighted by Gasteiger charge is -2.12. The molecule has 0 aromatic heterocycles. The molecule has 1 aliphatic heterocycles. The van der Waals surface area contributed by atoms with Crippen molar-refractivity contribution in [2.45, 2.75) is 25.9 Å². The van der Waals surface area contributed by atoms with Gasteiger partial charge in [-0.25, -0.2) is 0 Å². The molecule has 5 nitrogen and oxygen atoms in total. The molecule has 1 heterocycles. The van der Waals surface area contributed by atoms with E-state index in [-0.39, 0.29) is 11.8 Å². The third-order valence-electron chi connectivity index (χ3n) is 4.13. The second-order valence-corrected chi connectivity index (χ2v) is 6.35. The highest BCUT2D eigenvalue weighted by molar-refractivity contribution is 6.31. The Kier molecular flexibility index (Phi) is 5.36. The fourth-order valence-electron chi connectivity index (χ4n) is 2.68. The Labute approximate surface area is 151 Å². The molecule has 130 valence electrons. The van der Waals surface area contributed by atoms with Crippen molar-refractivity contribution >= 4 is 34.8 Å². The number of rotatable bonds is 4. The van der Waals surface area contributed by atoms with Gasteiger partial charge < -0.3 is 15.4 Å². The van der Waals surface area contributed by atoms with Crippen LogP contribution in [0.3, 0.4) is 0 Å². The van der Waals surface area contributed by atoms with Crippen molar-refractivity contribution in [3.8, 4) is 0 Å². The van der Waals surface area contributed by atoms with E-state index in [1.807, 2.05) is 6.92 Å². The first-order valence-corrected chi connectivity index (χ1v) is 8.51. The first-order valence-electron chi connectivity index (χ1n) is 8.13. The van der Waals surface area contributed by atoms with E-state index in [1.165, 1.54) is 0 Å². The summed E-state index contributed by atoms with van der Waals surface area (Å²) in [4.78, 5) is 24.6. The molecular weight excluding hydrogens is 340 g/mol. The maximum atomic E-state index is 12.5. The minimum atomic E-state index is -0.411. The zero-order valence-corrected chi connectivity index (χ0v) is 14.6. The zero-order chi connectivity index (χ0) is 17.8. The van der Waals surface area contributed by atoms with Crippen LogP contribution in [0.2, 0.25) is 5.02 Å². The van der Waals surface area contributed by atoms with Crippen LogP contribution < -0.4 is 10.6 Å². The number of halogens is 1. The topological polar surface area (TPSA) is 67.4 Å². The Bertz CT molecular complexity index is 801. The van der Waals surface area contributed by atoms with Crippen molar-refractivity contribution in [3.63, 3.8) is 0 Å². The summed E-state index contributed by atoms with van der Waals surface area (Å²) >= 11 is 6.08. The summed E-state index contributed by atoms with van der Waals surface area (Å²) in [5.74, 6) is -0.445. The molecule has 1 fully saturated rings. The quantitative estimate of drug-likeness (QED) is 0.867. The normalized spacial score (nSPS) is 16.5. The maximum Gasteiger partial charge on any atom is 0.255 e. The van der Waals surface area contributed by atoms with Crippen molar-refractivity contribution in [3.05, 3.63) is 58.6 Å². The molecule has 0 spiro atoms. The highest BCUT2D eigenvalue weighted by Crippen LogP contribution is 2.24. The summed E-state index contributed by atoms with van der Waals surface area (Å²) in [6, 6.07) is 12.2.